The quantitative estimate of drug-likeness (QED) is 0.658. The highest BCUT2D eigenvalue weighted by Crippen LogP contribution is 2.35. The van der Waals surface area contributed by atoms with Crippen molar-refractivity contribution in [2.75, 3.05) is 6.54 Å². The van der Waals surface area contributed by atoms with Gasteiger partial charge in [0.1, 0.15) is 0 Å². The number of carbonyl (C=O) groups is 2. The Bertz CT molecular complexity index is 563. The Hall–Kier alpha value is -0.680. The largest absolute Gasteiger partial charge is 0.278 e. The molecule has 1 fully saturated rings. The maximum atomic E-state index is 12.5. The van der Waals surface area contributed by atoms with E-state index in [2.05, 4.69) is 52.6 Å². The van der Waals surface area contributed by atoms with Crippen LogP contribution in [0.5, 0.6) is 0 Å². The van der Waals surface area contributed by atoms with E-state index in [1.54, 1.807) is 12.1 Å². The van der Waals surface area contributed by atoms with Gasteiger partial charge in [-0.05, 0) is 45.5 Å². The third kappa shape index (κ3) is 3.14. The van der Waals surface area contributed by atoms with Crippen LogP contribution < -0.4 is 0 Å². The van der Waals surface area contributed by atoms with E-state index in [-0.39, 0.29) is 23.1 Å². The van der Waals surface area contributed by atoms with Crippen molar-refractivity contribution in [3.63, 3.8) is 0 Å². The molecule has 20 heavy (non-hydrogen) atoms. The monoisotopic (exact) mass is 401 g/mol. The molecule has 0 aromatic heterocycles. The van der Waals surface area contributed by atoms with Crippen LogP contribution in [0, 0.1) is 11.3 Å². The minimum absolute atomic E-state index is 0.0294. The van der Waals surface area contributed by atoms with Crippen LogP contribution in [-0.2, 0) is 4.79 Å². The van der Waals surface area contributed by atoms with Gasteiger partial charge in [0.2, 0.25) is 5.91 Å². The molecule has 3 nitrogen and oxygen atoms in total. The van der Waals surface area contributed by atoms with Gasteiger partial charge in [0.25, 0.3) is 5.91 Å². The molecule has 1 aliphatic heterocycles. The van der Waals surface area contributed by atoms with E-state index in [1.807, 2.05) is 6.07 Å². The summed E-state index contributed by atoms with van der Waals surface area (Å²) in [5, 5.41) is 0. The molecule has 1 aliphatic rings. The molecule has 1 saturated heterocycles. The molecule has 0 saturated carbocycles. The van der Waals surface area contributed by atoms with Gasteiger partial charge in [0, 0.05) is 21.9 Å². The van der Waals surface area contributed by atoms with Crippen LogP contribution >= 0.6 is 31.9 Å². The van der Waals surface area contributed by atoms with Crippen molar-refractivity contribution in [3.8, 4) is 0 Å². The summed E-state index contributed by atoms with van der Waals surface area (Å²) in [7, 11) is 0. The van der Waals surface area contributed by atoms with Crippen LogP contribution in [0.4, 0.5) is 0 Å². The normalized spacial score (nSPS) is 19.6. The van der Waals surface area contributed by atoms with Gasteiger partial charge in [-0.25, -0.2) is 0 Å². The summed E-state index contributed by atoms with van der Waals surface area (Å²) in [5.41, 5.74) is 0.554. The van der Waals surface area contributed by atoms with E-state index in [0.29, 0.717) is 23.0 Å². The number of imide groups is 1. The van der Waals surface area contributed by atoms with Crippen LogP contribution in [-0.4, -0.2) is 23.3 Å². The van der Waals surface area contributed by atoms with Crippen molar-refractivity contribution in [1.82, 2.24) is 4.90 Å². The van der Waals surface area contributed by atoms with Crippen LogP contribution in [0.1, 0.15) is 37.6 Å². The number of amides is 2. The van der Waals surface area contributed by atoms with Crippen molar-refractivity contribution in [1.29, 1.82) is 0 Å². The zero-order valence-corrected chi connectivity index (χ0v) is 14.9. The third-order valence-electron chi connectivity index (χ3n) is 3.76. The molecule has 1 unspecified atom stereocenters. The molecule has 1 atom stereocenters. The molecular weight excluding hydrogens is 386 g/mol. The Morgan fingerprint density at radius 2 is 1.95 bits per heavy atom. The summed E-state index contributed by atoms with van der Waals surface area (Å²) in [6, 6.07) is 5.35. The molecule has 2 amide bonds. The smallest absolute Gasteiger partial charge is 0.261 e. The minimum atomic E-state index is -0.221. The van der Waals surface area contributed by atoms with E-state index >= 15 is 0 Å². The molecule has 1 aromatic rings. The lowest BCUT2D eigenvalue weighted by molar-refractivity contribution is -0.125. The summed E-state index contributed by atoms with van der Waals surface area (Å²) in [5.74, 6) is -0.0842. The molecule has 0 aliphatic carbocycles. The van der Waals surface area contributed by atoms with E-state index in [1.165, 1.54) is 4.90 Å². The SMILES string of the molecule is CC(C)(C)C1CC(=O)N(C(=O)c2ccc(Br)cc2Br)C1. The van der Waals surface area contributed by atoms with Crippen molar-refractivity contribution < 1.29 is 9.59 Å². The Labute approximate surface area is 136 Å². The predicted molar refractivity (Wildman–Crippen MR) is 85.4 cm³/mol. The summed E-state index contributed by atoms with van der Waals surface area (Å²) in [6.45, 7) is 6.82. The Morgan fingerprint density at radius 3 is 2.45 bits per heavy atom. The van der Waals surface area contributed by atoms with Gasteiger partial charge in [-0.3, -0.25) is 14.5 Å². The standard InChI is InChI=1S/C15H17Br2NO2/c1-15(2,3)9-6-13(19)18(8-9)14(20)11-5-4-10(16)7-12(11)17/h4-5,7,9H,6,8H2,1-3H3. The van der Waals surface area contributed by atoms with Crippen molar-refractivity contribution in [2.45, 2.75) is 27.2 Å². The fourth-order valence-corrected chi connectivity index (χ4v) is 3.51. The zero-order chi connectivity index (χ0) is 15.1. The topological polar surface area (TPSA) is 37.4 Å². The molecule has 108 valence electrons. The number of hydrogen-bond acceptors (Lipinski definition) is 2. The minimum Gasteiger partial charge on any atom is -0.278 e. The first-order chi connectivity index (χ1) is 9.20. The number of benzene rings is 1. The van der Waals surface area contributed by atoms with Gasteiger partial charge in [-0.2, -0.15) is 0 Å². The molecule has 0 spiro atoms. The fourth-order valence-electron chi connectivity index (χ4n) is 2.29. The molecule has 0 N–H and O–H groups in total. The first-order valence-corrected chi connectivity index (χ1v) is 8.08. The summed E-state index contributed by atoms with van der Waals surface area (Å²) >= 11 is 6.74. The molecule has 0 radical (unpaired) electrons. The highest BCUT2D eigenvalue weighted by Gasteiger charge is 2.40. The second kappa shape index (κ2) is 5.60. The summed E-state index contributed by atoms with van der Waals surface area (Å²) < 4.78 is 1.59. The van der Waals surface area contributed by atoms with E-state index in [4.69, 9.17) is 0 Å². The first-order valence-electron chi connectivity index (χ1n) is 6.50. The third-order valence-corrected chi connectivity index (χ3v) is 4.91. The molecule has 0 bridgehead atoms. The predicted octanol–water partition coefficient (Wildman–Crippen LogP) is 4.25. The highest BCUT2D eigenvalue weighted by atomic mass is 79.9. The molecular formula is C15H17Br2NO2. The molecule has 1 heterocycles. The number of carbonyl (C=O) groups excluding carboxylic acids is 2. The average molecular weight is 403 g/mol. The Morgan fingerprint density at radius 1 is 1.30 bits per heavy atom. The van der Waals surface area contributed by atoms with Gasteiger partial charge in [0.15, 0.2) is 0 Å². The maximum Gasteiger partial charge on any atom is 0.261 e. The Balaban J connectivity index is 2.24. The average Bonchev–Trinajstić information content (AvgIpc) is 2.70. The van der Waals surface area contributed by atoms with Crippen molar-refractivity contribution in [3.05, 3.63) is 32.7 Å². The molecule has 5 heteroatoms. The fraction of sp³-hybridized carbons (Fsp3) is 0.467. The second-order valence-corrected chi connectivity index (χ2v) is 7.97. The maximum absolute atomic E-state index is 12.5. The Kier molecular flexibility index (Phi) is 4.40. The lowest BCUT2D eigenvalue weighted by Gasteiger charge is -2.26. The van der Waals surface area contributed by atoms with Gasteiger partial charge in [0.05, 0.1) is 5.56 Å². The number of nitrogens with zero attached hydrogens (tertiary/aromatic N) is 1. The van der Waals surface area contributed by atoms with Gasteiger partial charge < -0.3 is 0 Å². The summed E-state index contributed by atoms with van der Waals surface area (Å²) in [6.07, 6.45) is 0.448. The van der Waals surface area contributed by atoms with Crippen molar-refractivity contribution >= 4 is 43.7 Å². The van der Waals surface area contributed by atoms with Crippen LogP contribution in [0.15, 0.2) is 27.1 Å². The number of likely N-dealkylation sites (tertiary alicyclic amines) is 1. The van der Waals surface area contributed by atoms with Crippen molar-refractivity contribution in [2.24, 2.45) is 11.3 Å². The second-order valence-electron chi connectivity index (χ2n) is 6.20. The van der Waals surface area contributed by atoms with Crippen LogP contribution in [0.3, 0.4) is 0 Å². The van der Waals surface area contributed by atoms with E-state index in [9.17, 15) is 9.59 Å². The zero-order valence-electron chi connectivity index (χ0n) is 11.7. The highest BCUT2D eigenvalue weighted by molar-refractivity contribution is 9.11. The van der Waals surface area contributed by atoms with E-state index in [0.717, 1.165) is 4.47 Å². The summed E-state index contributed by atoms with van der Waals surface area (Å²) in [4.78, 5) is 26.0. The van der Waals surface area contributed by atoms with Gasteiger partial charge in [-0.15, -0.1) is 0 Å². The van der Waals surface area contributed by atoms with Crippen LogP contribution in [0.2, 0.25) is 0 Å². The lowest BCUT2D eigenvalue weighted by Crippen LogP contribution is -2.33. The first kappa shape index (κ1) is 15.7. The number of hydrogen-bond donors (Lipinski definition) is 0. The number of halogens is 2. The molecule has 2 rings (SSSR count). The van der Waals surface area contributed by atoms with Gasteiger partial charge >= 0.3 is 0 Å². The number of rotatable bonds is 1. The van der Waals surface area contributed by atoms with Crippen LogP contribution in [0.25, 0.3) is 0 Å². The molecule has 1 aromatic carbocycles. The van der Waals surface area contributed by atoms with E-state index < -0.39 is 0 Å². The van der Waals surface area contributed by atoms with Gasteiger partial charge in [-0.1, -0.05) is 36.7 Å². The lowest BCUT2D eigenvalue weighted by atomic mass is 9.80.